The van der Waals surface area contributed by atoms with E-state index in [9.17, 15) is 4.79 Å². The third kappa shape index (κ3) is 1.85. The Morgan fingerprint density at radius 3 is 2.82 bits per heavy atom. The second-order valence-electron chi connectivity index (χ2n) is 2.00. The zero-order valence-corrected chi connectivity index (χ0v) is 6.43. The average molecular weight is 171 g/mol. The summed E-state index contributed by atoms with van der Waals surface area (Å²) in [5.41, 5.74) is 6.56. The zero-order chi connectivity index (χ0) is 8.27. The van der Waals surface area contributed by atoms with Crippen LogP contribution >= 0.6 is 11.6 Å². The summed E-state index contributed by atoms with van der Waals surface area (Å²) in [5.74, 6) is 0. The lowest BCUT2D eigenvalue weighted by molar-refractivity contribution is -0.105. The van der Waals surface area contributed by atoms with E-state index in [1.54, 1.807) is 18.2 Å². The molecule has 1 aromatic carbocycles. The summed E-state index contributed by atoms with van der Waals surface area (Å²) < 4.78 is 0. The van der Waals surface area contributed by atoms with E-state index < -0.39 is 0 Å². The van der Waals surface area contributed by atoms with Crippen LogP contribution in [0.3, 0.4) is 0 Å². The van der Waals surface area contributed by atoms with Gasteiger partial charge in [-0.3, -0.25) is 4.79 Å². The molecule has 4 heteroatoms. The monoisotopic (exact) mass is 170 g/mol. The molecule has 0 atom stereocenters. The predicted molar refractivity (Wildman–Crippen MR) is 45.6 cm³/mol. The van der Waals surface area contributed by atoms with Gasteiger partial charge in [0, 0.05) is 5.69 Å². The van der Waals surface area contributed by atoms with Crippen LogP contribution in [0.2, 0.25) is 5.02 Å². The number of hydrogen-bond donors (Lipinski definition) is 2. The largest absolute Gasteiger partial charge is 0.399 e. The van der Waals surface area contributed by atoms with Gasteiger partial charge in [0.15, 0.2) is 0 Å². The Bertz CT molecular complexity index is 275. The van der Waals surface area contributed by atoms with Crippen molar-refractivity contribution >= 4 is 29.4 Å². The van der Waals surface area contributed by atoms with E-state index in [1.165, 1.54) is 0 Å². The maximum Gasteiger partial charge on any atom is 0.211 e. The van der Waals surface area contributed by atoms with Crippen molar-refractivity contribution in [3.8, 4) is 0 Å². The number of nitrogens with one attached hydrogen (secondary N) is 1. The molecule has 0 bridgehead atoms. The molecule has 1 amide bonds. The standard InChI is InChI=1S/C7H7ClN2O/c8-6-3-5(9)1-2-7(6)10-4-11/h1-4H,9H2,(H,10,11). The predicted octanol–water partition coefficient (Wildman–Crippen LogP) is 1.49. The van der Waals surface area contributed by atoms with E-state index in [0.29, 0.717) is 22.8 Å². The Balaban J connectivity index is 2.98. The number of nitrogen functional groups attached to an aromatic ring is 1. The van der Waals surface area contributed by atoms with Crippen molar-refractivity contribution in [3.05, 3.63) is 23.2 Å². The molecule has 0 saturated heterocycles. The molecule has 11 heavy (non-hydrogen) atoms. The van der Waals surface area contributed by atoms with Crippen molar-refractivity contribution in [2.45, 2.75) is 0 Å². The minimum absolute atomic E-state index is 0.442. The fraction of sp³-hybridized carbons (Fsp3) is 0. The van der Waals surface area contributed by atoms with Gasteiger partial charge in [0.1, 0.15) is 0 Å². The molecule has 0 aromatic heterocycles. The molecule has 1 rings (SSSR count). The quantitative estimate of drug-likeness (QED) is 0.522. The van der Waals surface area contributed by atoms with Crippen LogP contribution in [0.15, 0.2) is 18.2 Å². The maximum atomic E-state index is 10.0. The minimum atomic E-state index is 0.442. The molecule has 3 nitrogen and oxygen atoms in total. The van der Waals surface area contributed by atoms with Gasteiger partial charge in [-0.25, -0.2) is 0 Å². The lowest BCUT2D eigenvalue weighted by Gasteiger charge is -2.01. The van der Waals surface area contributed by atoms with Gasteiger partial charge in [-0.15, -0.1) is 0 Å². The molecule has 0 heterocycles. The van der Waals surface area contributed by atoms with Crippen LogP contribution in [0, 0.1) is 0 Å². The first-order valence-corrected chi connectivity index (χ1v) is 3.37. The van der Waals surface area contributed by atoms with Crippen molar-refractivity contribution in [2.75, 3.05) is 11.1 Å². The van der Waals surface area contributed by atoms with Gasteiger partial charge >= 0.3 is 0 Å². The van der Waals surface area contributed by atoms with Crippen LogP contribution in [-0.2, 0) is 4.79 Å². The van der Waals surface area contributed by atoms with Crippen LogP contribution in [0.1, 0.15) is 0 Å². The number of anilines is 2. The van der Waals surface area contributed by atoms with Crippen molar-refractivity contribution < 1.29 is 4.79 Å². The summed E-state index contributed by atoms with van der Waals surface area (Å²) in [6, 6.07) is 4.89. The molecule has 0 aliphatic carbocycles. The Hall–Kier alpha value is -1.22. The van der Waals surface area contributed by atoms with E-state index in [1.807, 2.05) is 0 Å². The van der Waals surface area contributed by atoms with E-state index in [4.69, 9.17) is 17.3 Å². The number of amides is 1. The first kappa shape index (κ1) is 7.88. The molecule has 0 unspecified atom stereocenters. The molecule has 0 radical (unpaired) electrons. The molecular weight excluding hydrogens is 164 g/mol. The van der Waals surface area contributed by atoms with Crippen molar-refractivity contribution in [2.24, 2.45) is 0 Å². The topological polar surface area (TPSA) is 55.1 Å². The highest BCUT2D eigenvalue weighted by Gasteiger charge is 1.97. The number of benzene rings is 1. The van der Waals surface area contributed by atoms with Crippen LogP contribution in [0.5, 0.6) is 0 Å². The number of carbonyl (C=O) groups is 1. The fourth-order valence-electron chi connectivity index (χ4n) is 0.712. The average Bonchev–Trinajstić information content (AvgIpc) is 1.95. The molecule has 3 N–H and O–H groups in total. The van der Waals surface area contributed by atoms with Gasteiger partial charge in [0.25, 0.3) is 0 Å². The summed E-state index contributed by atoms with van der Waals surface area (Å²) >= 11 is 5.71. The van der Waals surface area contributed by atoms with Gasteiger partial charge in [-0.2, -0.15) is 0 Å². The first-order valence-electron chi connectivity index (χ1n) is 2.99. The molecule has 0 aliphatic heterocycles. The third-order valence-electron chi connectivity index (χ3n) is 1.21. The van der Waals surface area contributed by atoms with Gasteiger partial charge < -0.3 is 11.1 Å². The van der Waals surface area contributed by atoms with E-state index >= 15 is 0 Å². The molecule has 0 saturated carbocycles. The Kier molecular flexibility index (Phi) is 2.33. The summed E-state index contributed by atoms with van der Waals surface area (Å²) in [6.07, 6.45) is 0.567. The van der Waals surface area contributed by atoms with Crippen LogP contribution in [0.4, 0.5) is 11.4 Å². The molecule has 0 aliphatic rings. The van der Waals surface area contributed by atoms with Crippen LogP contribution < -0.4 is 11.1 Å². The number of halogens is 1. The zero-order valence-electron chi connectivity index (χ0n) is 5.67. The summed E-state index contributed by atoms with van der Waals surface area (Å²) in [5, 5.41) is 2.88. The summed E-state index contributed by atoms with van der Waals surface area (Å²) in [4.78, 5) is 10.0. The lowest BCUT2D eigenvalue weighted by Crippen LogP contribution is -1.95. The van der Waals surface area contributed by atoms with E-state index in [0.717, 1.165) is 0 Å². The van der Waals surface area contributed by atoms with E-state index in [-0.39, 0.29) is 0 Å². The number of rotatable bonds is 2. The lowest BCUT2D eigenvalue weighted by atomic mass is 10.3. The van der Waals surface area contributed by atoms with Gasteiger partial charge in [0.05, 0.1) is 10.7 Å². The Morgan fingerprint density at radius 1 is 1.55 bits per heavy atom. The van der Waals surface area contributed by atoms with Gasteiger partial charge in [0.2, 0.25) is 6.41 Å². The van der Waals surface area contributed by atoms with Crippen molar-refractivity contribution in [1.82, 2.24) is 0 Å². The highest BCUT2D eigenvalue weighted by molar-refractivity contribution is 6.33. The molecular formula is C7H7ClN2O. The highest BCUT2D eigenvalue weighted by Crippen LogP contribution is 2.23. The molecule has 1 aromatic rings. The maximum absolute atomic E-state index is 10.0. The highest BCUT2D eigenvalue weighted by atomic mass is 35.5. The molecule has 0 fully saturated rings. The number of hydrogen-bond acceptors (Lipinski definition) is 2. The van der Waals surface area contributed by atoms with Gasteiger partial charge in [-0.1, -0.05) is 11.6 Å². The third-order valence-corrected chi connectivity index (χ3v) is 1.52. The second-order valence-corrected chi connectivity index (χ2v) is 2.41. The minimum Gasteiger partial charge on any atom is -0.399 e. The van der Waals surface area contributed by atoms with E-state index in [2.05, 4.69) is 5.32 Å². The Labute approximate surface area is 69.2 Å². The molecule has 0 spiro atoms. The smallest absolute Gasteiger partial charge is 0.211 e. The second kappa shape index (κ2) is 3.25. The van der Waals surface area contributed by atoms with Crippen LogP contribution in [-0.4, -0.2) is 6.41 Å². The van der Waals surface area contributed by atoms with Crippen molar-refractivity contribution in [1.29, 1.82) is 0 Å². The number of carbonyl (C=O) groups excluding carboxylic acids is 1. The normalized spacial score (nSPS) is 9.18. The first-order chi connectivity index (χ1) is 5.24. The van der Waals surface area contributed by atoms with Crippen molar-refractivity contribution in [3.63, 3.8) is 0 Å². The van der Waals surface area contributed by atoms with Gasteiger partial charge in [-0.05, 0) is 18.2 Å². The Morgan fingerprint density at radius 2 is 2.27 bits per heavy atom. The summed E-state index contributed by atoms with van der Waals surface area (Å²) in [7, 11) is 0. The molecule has 58 valence electrons. The number of nitrogens with two attached hydrogens (primary N) is 1. The fourth-order valence-corrected chi connectivity index (χ4v) is 0.955. The summed E-state index contributed by atoms with van der Waals surface area (Å²) in [6.45, 7) is 0. The van der Waals surface area contributed by atoms with Crippen LogP contribution in [0.25, 0.3) is 0 Å². The SMILES string of the molecule is Nc1ccc(NC=O)c(Cl)c1.